The molecule has 2 heterocycles. The van der Waals surface area contributed by atoms with E-state index in [9.17, 15) is 4.79 Å². The second-order valence-corrected chi connectivity index (χ2v) is 7.48. The number of aromatic nitrogens is 1. The fourth-order valence-electron chi connectivity index (χ4n) is 2.83. The van der Waals surface area contributed by atoms with Crippen LogP contribution in [0, 0.1) is 0 Å². The average Bonchev–Trinajstić information content (AvgIpc) is 3.34. The van der Waals surface area contributed by atoms with Crippen LogP contribution < -0.4 is 10.1 Å². The van der Waals surface area contributed by atoms with Crippen molar-refractivity contribution in [3.8, 4) is 17.0 Å². The van der Waals surface area contributed by atoms with Crippen LogP contribution in [-0.2, 0) is 24.3 Å². The van der Waals surface area contributed by atoms with Gasteiger partial charge in [0.25, 0.3) is 0 Å². The molecule has 0 atom stereocenters. The molecule has 0 spiro atoms. The topological polar surface area (TPSA) is 60.5 Å². The number of thiazole rings is 1. The number of fused-ring (bicyclic) bond motifs is 1. The van der Waals surface area contributed by atoms with E-state index in [2.05, 4.69) is 16.4 Å². The third-order valence-electron chi connectivity index (χ3n) is 4.21. The van der Waals surface area contributed by atoms with Gasteiger partial charge in [-0.3, -0.25) is 0 Å². The van der Waals surface area contributed by atoms with E-state index in [1.54, 1.807) is 0 Å². The molecular formula is C20H17ClN2O3S. The Morgan fingerprint density at radius 1 is 1.26 bits per heavy atom. The molecule has 3 aromatic rings. The van der Waals surface area contributed by atoms with Crippen molar-refractivity contribution in [1.82, 2.24) is 10.3 Å². The van der Waals surface area contributed by atoms with Gasteiger partial charge in [-0.15, -0.1) is 11.3 Å². The molecule has 0 bridgehead atoms. The number of hydrogen-bond acceptors (Lipinski definition) is 5. The van der Waals surface area contributed by atoms with Crippen molar-refractivity contribution >= 4 is 29.0 Å². The fourth-order valence-corrected chi connectivity index (χ4v) is 3.67. The first-order valence-electron chi connectivity index (χ1n) is 8.53. The SMILES string of the molecule is O=C(NCc1ccc2c(c1)CCO2)OCc1nc(-c2ccc(Cl)cc2)cs1. The summed E-state index contributed by atoms with van der Waals surface area (Å²) < 4.78 is 10.7. The molecule has 0 radical (unpaired) electrons. The van der Waals surface area contributed by atoms with Crippen molar-refractivity contribution in [1.29, 1.82) is 0 Å². The number of alkyl carbamates (subject to hydrolysis) is 1. The highest BCUT2D eigenvalue weighted by Gasteiger charge is 2.13. The van der Waals surface area contributed by atoms with Crippen LogP contribution in [0.1, 0.15) is 16.1 Å². The first kappa shape index (κ1) is 17.8. The van der Waals surface area contributed by atoms with Crippen LogP contribution in [0.25, 0.3) is 11.3 Å². The predicted octanol–water partition coefficient (Wildman–Crippen LogP) is 4.82. The van der Waals surface area contributed by atoms with Crippen LogP contribution in [-0.4, -0.2) is 17.7 Å². The van der Waals surface area contributed by atoms with E-state index in [4.69, 9.17) is 21.1 Å². The number of hydrogen-bond donors (Lipinski definition) is 1. The minimum Gasteiger partial charge on any atom is -0.493 e. The zero-order valence-electron chi connectivity index (χ0n) is 14.4. The molecular weight excluding hydrogens is 384 g/mol. The normalized spacial score (nSPS) is 12.3. The lowest BCUT2D eigenvalue weighted by Gasteiger charge is -2.07. The smallest absolute Gasteiger partial charge is 0.407 e. The fraction of sp³-hybridized carbons (Fsp3) is 0.200. The number of carbonyl (C=O) groups is 1. The number of nitrogens with zero attached hydrogens (tertiary/aromatic N) is 1. The summed E-state index contributed by atoms with van der Waals surface area (Å²) in [5.74, 6) is 0.932. The second kappa shape index (κ2) is 7.98. The molecule has 27 heavy (non-hydrogen) atoms. The number of amides is 1. The highest BCUT2D eigenvalue weighted by atomic mass is 35.5. The monoisotopic (exact) mass is 400 g/mol. The van der Waals surface area contributed by atoms with Crippen LogP contribution >= 0.6 is 22.9 Å². The van der Waals surface area contributed by atoms with Gasteiger partial charge < -0.3 is 14.8 Å². The van der Waals surface area contributed by atoms with Gasteiger partial charge in [-0.05, 0) is 29.3 Å². The van der Waals surface area contributed by atoms with Crippen LogP contribution in [0.5, 0.6) is 5.75 Å². The Bertz CT molecular complexity index is 956. The summed E-state index contributed by atoms with van der Waals surface area (Å²) in [5, 5.41) is 6.13. The molecule has 1 aromatic heterocycles. The maximum absolute atomic E-state index is 11.9. The number of ether oxygens (including phenoxy) is 2. The van der Waals surface area contributed by atoms with Crippen molar-refractivity contribution < 1.29 is 14.3 Å². The molecule has 2 aromatic carbocycles. The molecule has 0 fully saturated rings. The van der Waals surface area contributed by atoms with Crippen molar-refractivity contribution in [3.63, 3.8) is 0 Å². The molecule has 0 unspecified atom stereocenters. The zero-order chi connectivity index (χ0) is 18.6. The standard InChI is InChI=1S/C20H17ClN2O3S/c21-16-4-2-14(3-5-16)17-12-27-19(23-17)11-26-20(24)22-10-13-1-6-18-15(9-13)7-8-25-18/h1-6,9,12H,7-8,10-11H2,(H,22,24). The van der Waals surface area contributed by atoms with Gasteiger partial charge in [0.05, 0.1) is 12.3 Å². The van der Waals surface area contributed by atoms with E-state index < -0.39 is 6.09 Å². The molecule has 1 aliphatic heterocycles. The van der Waals surface area contributed by atoms with Gasteiger partial charge >= 0.3 is 6.09 Å². The van der Waals surface area contributed by atoms with Crippen molar-refractivity contribution in [3.05, 3.63) is 69.0 Å². The summed E-state index contributed by atoms with van der Waals surface area (Å²) in [7, 11) is 0. The Kier molecular flexibility index (Phi) is 5.27. The number of benzene rings is 2. The van der Waals surface area contributed by atoms with Crippen molar-refractivity contribution in [2.24, 2.45) is 0 Å². The summed E-state index contributed by atoms with van der Waals surface area (Å²) in [6.07, 6.45) is 0.447. The quantitative estimate of drug-likeness (QED) is 0.666. The molecule has 1 aliphatic rings. The lowest BCUT2D eigenvalue weighted by atomic mass is 10.1. The predicted molar refractivity (Wildman–Crippen MR) is 105 cm³/mol. The van der Waals surface area contributed by atoms with Crippen molar-refractivity contribution in [2.45, 2.75) is 19.6 Å². The summed E-state index contributed by atoms with van der Waals surface area (Å²) in [5.41, 5.74) is 4.03. The van der Waals surface area contributed by atoms with Gasteiger partial charge in [-0.25, -0.2) is 9.78 Å². The van der Waals surface area contributed by atoms with Crippen LogP contribution in [0.15, 0.2) is 47.8 Å². The Hall–Kier alpha value is -2.57. The van der Waals surface area contributed by atoms with Crippen LogP contribution in [0.3, 0.4) is 0 Å². The van der Waals surface area contributed by atoms with E-state index >= 15 is 0 Å². The zero-order valence-corrected chi connectivity index (χ0v) is 16.0. The van der Waals surface area contributed by atoms with E-state index in [0.717, 1.165) is 40.6 Å². The molecule has 1 amide bonds. The summed E-state index contributed by atoms with van der Waals surface area (Å²) in [6.45, 7) is 1.28. The molecule has 0 saturated heterocycles. The van der Waals surface area contributed by atoms with Gasteiger partial charge in [-0.1, -0.05) is 35.9 Å². The minimum atomic E-state index is -0.463. The lowest BCUT2D eigenvalue weighted by Crippen LogP contribution is -2.23. The van der Waals surface area contributed by atoms with Gasteiger partial charge in [-0.2, -0.15) is 0 Å². The average molecular weight is 401 g/mol. The largest absolute Gasteiger partial charge is 0.493 e. The Labute approximate surface area is 165 Å². The third kappa shape index (κ3) is 4.40. The Morgan fingerprint density at radius 2 is 2.11 bits per heavy atom. The maximum Gasteiger partial charge on any atom is 0.407 e. The van der Waals surface area contributed by atoms with E-state index in [-0.39, 0.29) is 6.61 Å². The van der Waals surface area contributed by atoms with Gasteiger partial charge in [0.2, 0.25) is 0 Å². The summed E-state index contributed by atoms with van der Waals surface area (Å²) in [6, 6.07) is 13.4. The molecule has 1 N–H and O–H groups in total. The van der Waals surface area contributed by atoms with Crippen molar-refractivity contribution in [2.75, 3.05) is 6.61 Å². The molecule has 7 heteroatoms. The van der Waals surface area contributed by atoms with E-state index in [1.807, 2.05) is 41.8 Å². The number of rotatable bonds is 5. The second-order valence-electron chi connectivity index (χ2n) is 6.10. The number of nitrogens with one attached hydrogen (secondary N) is 1. The molecule has 4 rings (SSSR count). The van der Waals surface area contributed by atoms with E-state index in [1.165, 1.54) is 16.9 Å². The lowest BCUT2D eigenvalue weighted by molar-refractivity contribution is 0.139. The van der Waals surface area contributed by atoms with Gasteiger partial charge in [0.15, 0.2) is 0 Å². The van der Waals surface area contributed by atoms with E-state index in [0.29, 0.717) is 11.6 Å². The third-order valence-corrected chi connectivity index (χ3v) is 5.28. The summed E-state index contributed by atoms with van der Waals surface area (Å²) >= 11 is 7.36. The van der Waals surface area contributed by atoms with Crippen LogP contribution in [0.2, 0.25) is 5.02 Å². The molecule has 138 valence electrons. The first-order chi connectivity index (χ1) is 13.2. The Morgan fingerprint density at radius 3 is 2.96 bits per heavy atom. The highest BCUT2D eigenvalue weighted by molar-refractivity contribution is 7.09. The highest BCUT2D eigenvalue weighted by Crippen LogP contribution is 2.26. The van der Waals surface area contributed by atoms with Gasteiger partial charge in [0.1, 0.15) is 17.4 Å². The Balaban J connectivity index is 1.27. The summed E-state index contributed by atoms with van der Waals surface area (Å²) in [4.78, 5) is 16.4. The van der Waals surface area contributed by atoms with Gasteiger partial charge in [0, 0.05) is 28.9 Å². The minimum absolute atomic E-state index is 0.141. The molecule has 0 aliphatic carbocycles. The maximum atomic E-state index is 11.9. The van der Waals surface area contributed by atoms with Crippen LogP contribution in [0.4, 0.5) is 4.79 Å². The number of carbonyl (C=O) groups excluding carboxylic acids is 1. The first-order valence-corrected chi connectivity index (χ1v) is 9.79. The molecule has 5 nitrogen and oxygen atoms in total. The number of halogens is 1. The molecule has 0 saturated carbocycles.